The summed E-state index contributed by atoms with van der Waals surface area (Å²) in [6, 6.07) is 3.83. The number of nitrogens with one attached hydrogen (secondary N) is 2. The van der Waals surface area contributed by atoms with Crippen LogP contribution in [0.4, 0.5) is 8.78 Å². The summed E-state index contributed by atoms with van der Waals surface area (Å²) < 4.78 is 33.7. The molecule has 1 atom stereocenters. The van der Waals surface area contributed by atoms with Crippen LogP contribution >= 0.6 is 0 Å². The zero-order chi connectivity index (χ0) is 21.9. The minimum absolute atomic E-state index is 0.0615. The standard InChI is InChI=1S/C22H37F2N5O/c1-5-25-22(27-17-10-13-29(14-11-17)12-7-15-30-4)26-16-20(28(2)3)21-18(23)8-6-9-19(21)24/h6,8-9,17,20H,5,7,10-16H2,1-4H3,(H2,25,26,27). The second kappa shape index (κ2) is 12.8. The molecule has 0 aliphatic carbocycles. The van der Waals surface area contributed by atoms with Crippen molar-refractivity contribution in [1.29, 1.82) is 0 Å². The van der Waals surface area contributed by atoms with Crippen LogP contribution in [0.1, 0.15) is 37.8 Å². The second-order valence-corrected chi connectivity index (χ2v) is 7.94. The minimum atomic E-state index is -0.539. The van der Waals surface area contributed by atoms with Crippen molar-refractivity contribution < 1.29 is 13.5 Å². The van der Waals surface area contributed by atoms with Crippen LogP contribution in [0.5, 0.6) is 0 Å². The summed E-state index contributed by atoms with van der Waals surface area (Å²) in [4.78, 5) is 8.92. The third-order valence-electron chi connectivity index (χ3n) is 5.47. The molecule has 1 aliphatic heterocycles. The monoisotopic (exact) mass is 425 g/mol. The van der Waals surface area contributed by atoms with Gasteiger partial charge in [0, 0.05) is 51.5 Å². The van der Waals surface area contributed by atoms with Crippen LogP contribution in [-0.4, -0.2) is 82.3 Å². The number of likely N-dealkylation sites (N-methyl/N-ethyl adjacent to an activating group) is 1. The quantitative estimate of drug-likeness (QED) is 0.343. The first-order valence-corrected chi connectivity index (χ1v) is 10.8. The molecule has 0 amide bonds. The van der Waals surface area contributed by atoms with E-state index in [0.717, 1.165) is 52.0 Å². The van der Waals surface area contributed by atoms with Crippen molar-refractivity contribution in [2.45, 2.75) is 38.3 Å². The Morgan fingerprint density at radius 2 is 1.93 bits per heavy atom. The van der Waals surface area contributed by atoms with E-state index in [1.54, 1.807) is 12.0 Å². The molecule has 1 aliphatic rings. The molecular weight excluding hydrogens is 388 g/mol. The smallest absolute Gasteiger partial charge is 0.191 e. The SMILES string of the molecule is CCNC(=NCC(c1c(F)cccc1F)N(C)C)NC1CCN(CCCOC)CC1. The first-order chi connectivity index (χ1) is 14.5. The summed E-state index contributed by atoms with van der Waals surface area (Å²) >= 11 is 0. The molecule has 0 spiro atoms. The molecule has 1 unspecified atom stereocenters. The van der Waals surface area contributed by atoms with Gasteiger partial charge in [-0.05, 0) is 52.4 Å². The molecular formula is C22H37F2N5O. The van der Waals surface area contributed by atoms with Gasteiger partial charge in [0.1, 0.15) is 11.6 Å². The molecule has 1 aromatic carbocycles. The molecule has 30 heavy (non-hydrogen) atoms. The van der Waals surface area contributed by atoms with Crippen molar-refractivity contribution in [1.82, 2.24) is 20.4 Å². The van der Waals surface area contributed by atoms with Crippen LogP contribution in [0.2, 0.25) is 0 Å². The van der Waals surface area contributed by atoms with E-state index in [-0.39, 0.29) is 12.1 Å². The first kappa shape index (κ1) is 24.5. The van der Waals surface area contributed by atoms with Gasteiger partial charge < -0.3 is 25.2 Å². The number of halogens is 2. The maximum absolute atomic E-state index is 14.3. The molecule has 2 rings (SSSR count). The Bertz CT molecular complexity index is 643. The number of hydrogen-bond donors (Lipinski definition) is 2. The topological polar surface area (TPSA) is 52.1 Å². The maximum Gasteiger partial charge on any atom is 0.191 e. The van der Waals surface area contributed by atoms with E-state index >= 15 is 0 Å². The van der Waals surface area contributed by atoms with Gasteiger partial charge in [-0.25, -0.2) is 8.78 Å². The third kappa shape index (κ3) is 7.49. The van der Waals surface area contributed by atoms with E-state index in [9.17, 15) is 8.78 Å². The van der Waals surface area contributed by atoms with Crippen LogP contribution < -0.4 is 10.6 Å². The highest BCUT2D eigenvalue weighted by Crippen LogP contribution is 2.24. The number of likely N-dealkylation sites (tertiary alicyclic amines) is 1. The van der Waals surface area contributed by atoms with E-state index in [4.69, 9.17) is 4.74 Å². The molecule has 1 saturated heterocycles. The number of guanidine groups is 1. The van der Waals surface area contributed by atoms with Crippen molar-refractivity contribution in [3.05, 3.63) is 35.4 Å². The Morgan fingerprint density at radius 3 is 2.50 bits per heavy atom. The zero-order valence-corrected chi connectivity index (χ0v) is 18.8. The normalized spacial score (nSPS) is 17.4. The van der Waals surface area contributed by atoms with Gasteiger partial charge in [-0.3, -0.25) is 4.99 Å². The third-order valence-corrected chi connectivity index (χ3v) is 5.47. The summed E-state index contributed by atoms with van der Waals surface area (Å²) in [6.07, 6.45) is 3.13. The predicted octanol–water partition coefficient (Wildman–Crippen LogP) is 2.62. The van der Waals surface area contributed by atoms with Gasteiger partial charge in [-0.1, -0.05) is 6.07 Å². The van der Waals surface area contributed by atoms with Gasteiger partial charge in [0.05, 0.1) is 12.6 Å². The van der Waals surface area contributed by atoms with Gasteiger partial charge in [0.2, 0.25) is 0 Å². The number of rotatable bonds is 10. The van der Waals surface area contributed by atoms with Gasteiger partial charge in [0.15, 0.2) is 5.96 Å². The van der Waals surface area contributed by atoms with Crippen LogP contribution in [0.3, 0.4) is 0 Å². The Balaban J connectivity index is 1.98. The van der Waals surface area contributed by atoms with Gasteiger partial charge in [-0.2, -0.15) is 0 Å². The van der Waals surface area contributed by atoms with Crippen LogP contribution in [0, 0.1) is 11.6 Å². The fourth-order valence-corrected chi connectivity index (χ4v) is 3.77. The summed E-state index contributed by atoms with van der Waals surface area (Å²) in [6.45, 7) is 6.94. The molecule has 2 N–H and O–H groups in total. The number of piperidine rings is 1. The van der Waals surface area contributed by atoms with E-state index < -0.39 is 17.7 Å². The number of methoxy groups -OCH3 is 1. The predicted molar refractivity (Wildman–Crippen MR) is 118 cm³/mol. The van der Waals surface area contributed by atoms with Crippen LogP contribution in [-0.2, 0) is 4.74 Å². The number of hydrogen-bond acceptors (Lipinski definition) is 4. The van der Waals surface area contributed by atoms with Crippen molar-refractivity contribution in [3.8, 4) is 0 Å². The highest BCUT2D eigenvalue weighted by Gasteiger charge is 2.23. The summed E-state index contributed by atoms with van der Waals surface area (Å²) in [5.41, 5.74) is 0.0615. The fourth-order valence-electron chi connectivity index (χ4n) is 3.77. The van der Waals surface area contributed by atoms with Gasteiger partial charge in [-0.15, -0.1) is 0 Å². The maximum atomic E-state index is 14.3. The van der Waals surface area contributed by atoms with Crippen molar-refractivity contribution in [2.24, 2.45) is 4.99 Å². The Morgan fingerprint density at radius 1 is 1.27 bits per heavy atom. The van der Waals surface area contributed by atoms with Crippen molar-refractivity contribution in [3.63, 3.8) is 0 Å². The average molecular weight is 426 g/mol. The van der Waals surface area contributed by atoms with E-state index in [0.29, 0.717) is 12.0 Å². The summed E-state index contributed by atoms with van der Waals surface area (Å²) in [5.74, 6) is -0.385. The molecule has 0 radical (unpaired) electrons. The lowest BCUT2D eigenvalue weighted by Gasteiger charge is -2.33. The molecule has 0 saturated carbocycles. The van der Waals surface area contributed by atoms with Crippen molar-refractivity contribution >= 4 is 5.96 Å². The van der Waals surface area contributed by atoms with Crippen molar-refractivity contribution in [2.75, 3.05) is 60.5 Å². The molecule has 1 aromatic rings. The number of benzene rings is 1. The highest BCUT2D eigenvalue weighted by molar-refractivity contribution is 5.80. The molecule has 170 valence electrons. The van der Waals surface area contributed by atoms with E-state index in [1.807, 2.05) is 21.0 Å². The van der Waals surface area contributed by atoms with Gasteiger partial charge in [0.25, 0.3) is 0 Å². The lowest BCUT2D eigenvalue weighted by molar-refractivity contribution is 0.155. The summed E-state index contributed by atoms with van der Waals surface area (Å²) in [5, 5.41) is 6.76. The number of aliphatic imine (C=N–C) groups is 1. The molecule has 0 aromatic heterocycles. The molecule has 1 heterocycles. The van der Waals surface area contributed by atoms with Crippen LogP contribution in [0.15, 0.2) is 23.2 Å². The number of nitrogens with zero attached hydrogens (tertiary/aromatic N) is 3. The first-order valence-electron chi connectivity index (χ1n) is 10.8. The Kier molecular flexibility index (Phi) is 10.5. The van der Waals surface area contributed by atoms with Crippen LogP contribution in [0.25, 0.3) is 0 Å². The second-order valence-electron chi connectivity index (χ2n) is 7.94. The van der Waals surface area contributed by atoms with Gasteiger partial charge >= 0.3 is 0 Å². The lowest BCUT2D eigenvalue weighted by Crippen LogP contribution is -2.49. The van der Waals surface area contributed by atoms with E-state index in [2.05, 4.69) is 20.5 Å². The fraction of sp³-hybridized carbons (Fsp3) is 0.682. The number of ether oxygens (including phenoxy) is 1. The Hall–Kier alpha value is -1.77. The zero-order valence-electron chi connectivity index (χ0n) is 18.8. The lowest BCUT2D eigenvalue weighted by atomic mass is 10.0. The van der Waals surface area contributed by atoms with E-state index in [1.165, 1.54) is 18.2 Å². The average Bonchev–Trinajstić information content (AvgIpc) is 2.71. The summed E-state index contributed by atoms with van der Waals surface area (Å²) in [7, 11) is 5.36. The molecule has 1 fully saturated rings. The minimum Gasteiger partial charge on any atom is -0.385 e. The molecule has 6 nitrogen and oxygen atoms in total. The highest BCUT2D eigenvalue weighted by atomic mass is 19.1. The molecule has 8 heteroatoms. The Labute approximate surface area is 179 Å². The molecule has 0 bridgehead atoms. The largest absolute Gasteiger partial charge is 0.385 e.